The number of ketones is 1. The van der Waals surface area contributed by atoms with E-state index in [0.717, 1.165) is 8.95 Å². The summed E-state index contributed by atoms with van der Waals surface area (Å²) < 4.78 is 7.15. The van der Waals surface area contributed by atoms with Crippen molar-refractivity contribution in [1.82, 2.24) is 5.16 Å². The van der Waals surface area contributed by atoms with Crippen LogP contribution in [0.1, 0.15) is 43.7 Å². The van der Waals surface area contributed by atoms with Gasteiger partial charge in [-0.3, -0.25) is 14.5 Å². The van der Waals surface area contributed by atoms with E-state index < -0.39 is 17.7 Å². The zero-order valence-corrected chi connectivity index (χ0v) is 20.8. The molecule has 0 radical (unpaired) electrons. The normalized spacial score (nSPS) is 18.4. The summed E-state index contributed by atoms with van der Waals surface area (Å²) in [5, 5.41) is 15.2. The number of hydrogen-bond acceptors (Lipinski definition) is 5. The van der Waals surface area contributed by atoms with E-state index in [9.17, 15) is 14.7 Å². The van der Waals surface area contributed by atoms with Gasteiger partial charge in [-0.25, -0.2) is 0 Å². The van der Waals surface area contributed by atoms with Crippen molar-refractivity contribution in [2.75, 3.05) is 4.90 Å². The molecule has 1 aliphatic rings. The summed E-state index contributed by atoms with van der Waals surface area (Å²) in [6.45, 7) is 5.89. The van der Waals surface area contributed by atoms with Crippen molar-refractivity contribution in [2.24, 2.45) is 0 Å². The summed E-state index contributed by atoms with van der Waals surface area (Å²) in [5.41, 5.74) is 0.763. The molecule has 1 saturated heterocycles. The molecular formula is C24H20Br2N2O4. The number of amides is 1. The summed E-state index contributed by atoms with van der Waals surface area (Å²) >= 11 is 6.77. The second-order valence-electron chi connectivity index (χ2n) is 8.53. The van der Waals surface area contributed by atoms with Gasteiger partial charge in [0.15, 0.2) is 5.82 Å². The van der Waals surface area contributed by atoms with Crippen molar-refractivity contribution in [2.45, 2.75) is 32.2 Å². The summed E-state index contributed by atoms with van der Waals surface area (Å²) in [6, 6.07) is 14.9. The van der Waals surface area contributed by atoms with Crippen molar-refractivity contribution in [3.8, 4) is 0 Å². The van der Waals surface area contributed by atoms with Crippen molar-refractivity contribution in [3.63, 3.8) is 0 Å². The molecule has 1 N–H and O–H groups in total. The quantitative estimate of drug-likeness (QED) is 0.237. The van der Waals surface area contributed by atoms with Gasteiger partial charge in [0.2, 0.25) is 0 Å². The fourth-order valence-electron chi connectivity index (χ4n) is 3.53. The molecule has 2 heterocycles. The monoisotopic (exact) mass is 558 g/mol. The predicted octanol–water partition coefficient (Wildman–Crippen LogP) is 6.12. The Morgan fingerprint density at radius 1 is 1.00 bits per heavy atom. The first-order valence-corrected chi connectivity index (χ1v) is 11.5. The Bertz CT molecular complexity index is 1220. The van der Waals surface area contributed by atoms with Crippen LogP contribution in [0, 0.1) is 0 Å². The molecule has 0 saturated carbocycles. The maximum absolute atomic E-state index is 13.1. The lowest BCUT2D eigenvalue weighted by Gasteiger charge is -2.23. The van der Waals surface area contributed by atoms with E-state index in [4.69, 9.17) is 4.52 Å². The fourth-order valence-corrected chi connectivity index (χ4v) is 4.05. The predicted molar refractivity (Wildman–Crippen MR) is 128 cm³/mol. The SMILES string of the molecule is CC(C)(C)c1cc(N2C(=O)C(=O)C(=C(O)c3ccc(Br)cc3)C2c2ccc(Br)cc2)no1. The van der Waals surface area contributed by atoms with Gasteiger partial charge in [0, 0.05) is 26.0 Å². The second kappa shape index (κ2) is 8.33. The van der Waals surface area contributed by atoms with E-state index in [-0.39, 0.29) is 22.6 Å². The number of halogens is 2. The van der Waals surface area contributed by atoms with Crippen LogP contribution < -0.4 is 4.90 Å². The molecule has 32 heavy (non-hydrogen) atoms. The molecular weight excluding hydrogens is 540 g/mol. The molecule has 1 aromatic heterocycles. The number of Topliss-reactive ketones (excluding diaryl/α,β-unsaturated/α-hetero) is 1. The third kappa shape index (κ3) is 4.04. The van der Waals surface area contributed by atoms with Gasteiger partial charge in [-0.1, -0.05) is 82.1 Å². The van der Waals surface area contributed by atoms with Gasteiger partial charge >= 0.3 is 5.91 Å². The number of carbonyl (C=O) groups excluding carboxylic acids is 2. The molecule has 3 aromatic rings. The first-order valence-electron chi connectivity index (χ1n) is 9.87. The van der Waals surface area contributed by atoms with E-state index in [2.05, 4.69) is 37.0 Å². The highest BCUT2D eigenvalue weighted by molar-refractivity contribution is 9.10. The van der Waals surface area contributed by atoms with Crippen LogP contribution in [0.25, 0.3) is 5.76 Å². The van der Waals surface area contributed by atoms with E-state index in [0.29, 0.717) is 16.9 Å². The number of hydrogen-bond donors (Lipinski definition) is 1. The summed E-state index contributed by atoms with van der Waals surface area (Å²) in [7, 11) is 0. The van der Waals surface area contributed by atoms with Crippen LogP contribution in [0.4, 0.5) is 5.82 Å². The standard InChI is InChI=1S/C24H20Br2N2O4/c1-24(2,3)17-12-18(27-32-17)28-20(13-4-8-15(25)9-5-13)19(22(30)23(28)31)21(29)14-6-10-16(26)11-7-14/h4-12,20,29H,1-3H3. The molecule has 1 aliphatic heterocycles. The highest BCUT2D eigenvalue weighted by Gasteiger charge is 2.48. The Kier molecular flexibility index (Phi) is 5.85. The Balaban J connectivity index is 1.91. The van der Waals surface area contributed by atoms with Crippen LogP contribution in [0.5, 0.6) is 0 Å². The van der Waals surface area contributed by atoms with Crippen LogP contribution in [0.15, 0.2) is 73.6 Å². The number of rotatable bonds is 3. The van der Waals surface area contributed by atoms with Crippen LogP contribution in [0.2, 0.25) is 0 Å². The van der Waals surface area contributed by atoms with E-state index in [1.54, 1.807) is 42.5 Å². The topological polar surface area (TPSA) is 83.6 Å². The van der Waals surface area contributed by atoms with Crippen molar-refractivity contribution >= 4 is 55.1 Å². The highest BCUT2D eigenvalue weighted by atomic mass is 79.9. The number of aliphatic hydroxyl groups is 1. The number of nitrogens with zero attached hydrogens (tertiary/aromatic N) is 2. The van der Waals surface area contributed by atoms with E-state index >= 15 is 0 Å². The number of benzene rings is 2. The molecule has 2 aromatic carbocycles. The van der Waals surface area contributed by atoms with Gasteiger partial charge < -0.3 is 9.63 Å². The van der Waals surface area contributed by atoms with Gasteiger partial charge in [0.05, 0.1) is 11.6 Å². The molecule has 0 spiro atoms. The molecule has 8 heteroatoms. The average Bonchev–Trinajstić information content (AvgIpc) is 3.32. The average molecular weight is 560 g/mol. The molecule has 1 amide bonds. The number of anilines is 1. The third-order valence-electron chi connectivity index (χ3n) is 5.23. The lowest BCUT2D eigenvalue weighted by molar-refractivity contribution is -0.132. The molecule has 1 fully saturated rings. The van der Waals surface area contributed by atoms with E-state index in [1.807, 2.05) is 32.9 Å². The number of carbonyl (C=O) groups is 2. The third-order valence-corrected chi connectivity index (χ3v) is 6.29. The lowest BCUT2D eigenvalue weighted by Crippen LogP contribution is -2.29. The Hall–Kier alpha value is -2.71. The molecule has 164 valence electrons. The lowest BCUT2D eigenvalue weighted by atomic mass is 9.93. The largest absolute Gasteiger partial charge is 0.507 e. The first kappa shape index (κ1) is 22.5. The summed E-state index contributed by atoms with van der Waals surface area (Å²) in [6.07, 6.45) is 0. The molecule has 1 atom stereocenters. The Morgan fingerprint density at radius 2 is 1.56 bits per heavy atom. The van der Waals surface area contributed by atoms with Crippen molar-refractivity contribution < 1.29 is 19.2 Å². The highest BCUT2D eigenvalue weighted by Crippen LogP contribution is 2.42. The van der Waals surface area contributed by atoms with Gasteiger partial charge in [-0.2, -0.15) is 0 Å². The minimum atomic E-state index is -0.857. The minimum absolute atomic E-state index is 0.0000430. The number of aromatic nitrogens is 1. The van der Waals surface area contributed by atoms with Crippen molar-refractivity contribution in [3.05, 3.63) is 86.0 Å². The molecule has 1 unspecified atom stereocenters. The molecule has 0 bridgehead atoms. The maximum Gasteiger partial charge on any atom is 0.301 e. The Morgan fingerprint density at radius 3 is 2.09 bits per heavy atom. The molecule has 0 aliphatic carbocycles. The first-order chi connectivity index (χ1) is 15.1. The van der Waals surface area contributed by atoms with Crippen LogP contribution in [-0.4, -0.2) is 22.0 Å². The summed E-state index contributed by atoms with van der Waals surface area (Å²) in [4.78, 5) is 27.6. The minimum Gasteiger partial charge on any atom is -0.507 e. The summed E-state index contributed by atoms with van der Waals surface area (Å²) in [5.74, 6) is -0.994. The van der Waals surface area contributed by atoms with Gasteiger partial charge in [0.25, 0.3) is 5.78 Å². The zero-order valence-electron chi connectivity index (χ0n) is 17.6. The number of aliphatic hydroxyl groups excluding tert-OH is 1. The van der Waals surface area contributed by atoms with Crippen molar-refractivity contribution in [1.29, 1.82) is 0 Å². The second-order valence-corrected chi connectivity index (χ2v) is 10.4. The molecule has 4 rings (SSSR count). The van der Waals surface area contributed by atoms with Crippen LogP contribution >= 0.6 is 31.9 Å². The zero-order chi connectivity index (χ0) is 23.2. The smallest absolute Gasteiger partial charge is 0.301 e. The van der Waals surface area contributed by atoms with Gasteiger partial charge in [-0.05, 0) is 29.8 Å². The van der Waals surface area contributed by atoms with Gasteiger partial charge in [0.1, 0.15) is 11.5 Å². The fraction of sp³-hybridized carbons (Fsp3) is 0.208. The maximum atomic E-state index is 13.1. The Labute approximate surface area is 202 Å². The van der Waals surface area contributed by atoms with Crippen LogP contribution in [-0.2, 0) is 15.0 Å². The van der Waals surface area contributed by atoms with Gasteiger partial charge in [-0.15, -0.1) is 0 Å². The van der Waals surface area contributed by atoms with Crippen LogP contribution in [0.3, 0.4) is 0 Å². The van der Waals surface area contributed by atoms with E-state index in [1.165, 1.54) is 4.90 Å². The molecule has 6 nitrogen and oxygen atoms in total.